The largest absolute Gasteiger partial charge is 0.497 e. The predicted octanol–water partition coefficient (Wildman–Crippen LogP) is 2.23. The molecule has 2 rings (SSSR count). The van der Waals surface area contributed by atoms with Crippen molar-refractivity contribution < 1.29 is 24.4 Å². The van der Waals surface area contributed by atoms with Crippen LogP contribution in [0, 0.1) is 0 Å². The van der Waals surface area contributed by atoms with Crippen LogP contribution < -0.4 is 10.2 Å². The Morgan fingerprint density at radius 1 is 1.33 bits per heavy atom. The number of methoxy groups -OCH3 is 1. The number of nitrogens with one attached hydrogen (secondary N) is 1. The predicted molar refractivity (Wildman–Crippen MR) is 83.6 cm³/mol. The zero-order valence-corrected chi connectivity index (χ0v) is 13.6. The van der Waals surface area contributed by atoms with Crippen molar-refractivity contribution >= 4 is 0 Å². The van der Waals surface area contributed by atoms with Crippen molar-refractivity contribution in [3.63, 3.8) is 0 Å². The first-order valence-electron chi connectivity index (χ1n) is 7.65. The molecule has 1 atom stereocenters. The first-order valence-corrected chi connectivity index (χ1v) is 7.15. The lowest BCUT2D eigenvalue weighted by Gasteiger charge is -2.33. The SMILES string of the molecule is [2H]C1=C(C(O)C(F)(F)F)C(N(C)C)=CNN1Cc1ccc(OC)cc1. The van der Waals surface area contributed by atoms with Crippen LogP contribution in [0.2, 0.25) is 0 Å². The number of aliphatic hydroxyl groups is 1. The number of hydrazine groups is 1. The molecule has 1 aromatic rings. The highest BCUT2D eigenvalue weighted by atomic mass is 19.4. The lowest BCUT2D eigenvalue weighted by molar-refractivity contribution is -0.191. The van der Waals surface area contributed by atoms with Crippen LogP contribution in [0.25, 0.3) is 0 Å². The standard InChI is InChI=1S/C16H20F3N3O2/c1-21(2)14-8-20-22(10-13(14)15(23)16(17,18)19)9-11-4-6-12(24-3)7-5-11/h4-8,10,15,20,23H,9H2,1-3H3/i10D. The maximum Gasteiger partial charge on any atom is 0.418 e. The maximum absolute atomic E-state index is 13.0. The molecule has 8 heteroatoms. The van der Waals surface area contributed by atoms with Gasteiger partial charge >= 0.3 is 6.18 Å². The fourth-order valence-corrected chi connectivity index (χ4v) is 2.19. The average molecular weight is 344 g/mol. The topological polar surface area (TPSA) is 48.0 Å². The summed E-state index contributed by atoms with van der Waals surface area (Å²) in [6.45, 7) is 0.147. The molecule has 5 nitrogen and oxygen atoms in total. The Bertz CT molecular complexity index is 672. The van der Waals surface area contributed by atoms with E-state index in [1.807, 2.05) is 0 Å². The average Bonchev–Trinajstić information content (AvgIpc) is 2.55. The molecule has 1 aliphatic rings. The smallest absolute Gasteiger partial charge is 0.418 e. The highest BCUT2D eigenvalue weighted by molar-refractivity contribution is 5.35. The number of nitrogens with zero attached hydrogens (tertiary/aromatic N) is 2. The van der Waals surface area contributed by atoms with Crippen molar-refractivity contribution in [2.24, 2.45) is 0 Å². The van der Waals surface area contributed by atoms with Gasteiger partial charge in [-0.3, -0.25) is 5.01 Å². The number of alkyl halides is 3. The molecule has 0 spiro atoms. The number of halogens is 3. The number of benzene rings is 1. The summed E-state index contributed by atoms with van der Waals surface area (Å²) in [5.41, 5.74) is 3.16. The summed E-state index contributed by atoms with van der Waals surface area (Å²) in [6.07, 6.45) is -6.70. The normalized spacial score (nSPS) is 17.0. The Labute approximate surface area is 140 Å². The summed E-state index contributed by atoms with van der Waals surface area (Å²) < 4.78 is 52.2. The summed E-state index contributed by atoms with van der Waals surface area (Å²) >= 11 is 0. The van der Waals surface area contributed by atoms with Crippen molar-refractivity contribution in [3.8, 4) is 5.75 Å². The van der Waals surface area contributed by atoms with Gasteiger partial charge < -0.3 is 20.2 Å². The molecule has 0 saturated heterocycles. The number of hydrogen-bond acceptors (Lipinski definition) is 5. The molecule has 2 N–H and O–H groups in total. The summed E-state index contributed by atoms with van der Waals surface area (Å²) in [5.74, 6) is 0.653. The van der Waals surface area contributed by atoms with Crippen molar-refractivity contribution in [2.75, 3.05) is 21.2 Å². The molecule has 0 saturated carbocycles. The number of likely N-dealkylation sites (N-methyl/N-ethyl adjacent to an activating group) is 1. The van der Waals surface area contributed by atoms with E-state index in [2.05, 4.69) is 5.43 Å². The molecule has 132 valence electrons. The van der Waals surface area contributed by atoms with Crippen LogP contribution in [0.1, 0.15) is 6.93 Å². The van der Waals surface area contributed by atoms with Gasteiger partial charge in [-0.2, -0.15) is 13.2 Å². The fourth-order valence-electron chi connectivity index (χ4n) is 2.19. The molecule has 0 radical (unpaired) electrons. The highest BCUT2D eigenvalue weighted by Gasteiger charge is 2.43. The second-order valence-corrected chi connectivity index (χ2v) is 5.46. The van der Waals surface area contributed by atoms with E-state index in [4.69, 9.17) is 6.11 Å². The van der Waals surface area contributed by atoms with Crippen LogP contribution in [-0.2, 0) is 6.54 Å². The Morgan fingerprint density at radius 2 is 1.96 bits per heavy atom. The van der Waals surface area contributed by atoms with Crippen LogP contribution in [0.4, 0.5) is 13.2 Å². The van der Waals surface area contributed by atoms with Crippen LogP contribution in [0.5, 0.6) is 5.75 Å². The molecule has 0 fully saturated rings. The number of rotatable bonds is 5. The second kappa shape index (κ2) is 7.04. The summed E-state index contributed by atoms with van der Waals surface area (Å²) in [4.78, 5) is 1.41. The molecular formula is C16H20F3N3O2. The van der Waals surface area contributed by atoms with Crippen molar-refractivity contribution in [3.05, 3.63) is 53.5 Å². The molecule has 0 aliphatic carbocycles. The van der Waals surface area contributed by atoms with Gasteiger partial charge in [0.25, 0.3) is 0 Å². The van der Waals surface area contributed by atoms with Gasteiger partial charge in [-0.05, 0) is 17.7 Å². The molecule has 1 aromatic carbocycles. The van der Waals surface area contributed by atoms with Crippen molar-refractivity contribution in [1.29, 1.82) is 0 Å². The zero-order chi connectivity index (χ0) is 18.8. The Hall–Kier alpha value is -2.35. The monoisotopic (exact) mass is 344 g/mol. The van der Waals surface area contributed by atoms with Gasteiger partial charge in [0.1, 0.15) is 5.75 Å². The van der Waals surface area contributed by atoms with Gasteiger partial charge in [0, 0.05) is 32.0 Å². The van der Waals surface area contributed by atoms with Gasteiger partial charge in [-0.25, -0.2) is 0 Å². The molecule has 1 heterocycles. The number of ether oxygens (including phenoxy) is 1. The molecule has 0 aromatic heterocycles. The van der Waals surface area contributed by atoms with E-state index in [-0.39, 0.29) is 12.2 Å². The summed E-state index contributed by atoms with van der Waals surface area (Å²) in [5, 5.41) is 10.9. The van der Waals surface area contributed by atoms with Crippen LogP contribution >= 0.6 is 0 Å². The Kier molecular flexibility index (Phi) is 4.84. The van der Waals surface area contributed by atoms with E-state index in [1.54, 1.807) is 38.4 Å². The molecule has 0 amide bonds. The molecule has 0 bridgehead atoms. The Morgan fingerprint density at radius 3 is 2.46 bits per heavy atom. The van der Waals surface area contributed by atoms with Gasteiger partial charge in [-0.1, -0.05) is 12.1 Å². The zero-order valence-electron chi connectivity index (χ0n) is 14.6. The third kappa shape index (κ3) is 4.14. The quantitative estimate of drug-likeness (QED) is 0.858. The van der Waals surface area contributed by atoms with E-state index < -0.39 is 24.0 Å². The second-order valence-electron chi connectivity index (χ2n) is 5.46. The first kappa shape index (κ1) is 16.5. The first-order chi connectivity index (χ1) is 11.6. The van der Waals surface area contributed by atoms with Crippen LogP contribution in [0.3, 0.4) is 0 Å². The van der Waals surface area contributed by atoms with E-state index in [0.29, 0.717) is 5.75 Å². The minimum absolute atomic E-state index is 0.0980. The van der Waals surface area contributed by atoms with Gasteiger partial charge in [0.05, 0.1) is 20.7 Å². The fraction of sp³-hybridized carbons (Fsp3) is 0.375. The molecule has 24 heavy (non-hydrogen) atoms. The van der Waals surface area contributed by atoms with Gasteiger partial charge in [-0.15, -0.1) is 0 Å². The lowest BCUT2D eigenvalue weighted by atomic mass is 10.1. The summed E-state index contributed by atoms with van der Waals surface area (Å²) in [7, 11) is 4.62. The summed E-state index contributed by atoms with van der Waals surface area (Å²) in [6, 6.07) is 6.94. The third-order valence-corrected chi connectivity index (χ3v) is 3.45. The minimum atomic E-state index is -4.86. The lowest BCUT2D eigenvalue weighted by Crippen LogP contribution is -2.40. The van der Waals surface area contributed by atoms with Gasteiger partial charge in [0.15, 0.2) is 6.10 Å². The van der Waals surface area contributed by atoms with Crippen molar-refractivity contribution in [2.45, 2.75) is 18.8 Å². The van der Waals surface area contributed by atoms with E-state index in [0.717, 1.165) is 5.56 Å². The minimum Gasteiger partial charge on any atom is -0.497 e. The molecular weight excluding hydrogens is 323 g/mol. The van der Waals surface area contributed by atoms with E-state index >= 15 is 0 Å². The van der Waals surface area contributed by atoms with Gasteiger partial charge in [0.2, 0.25) is 0 Å². The van der Waals surface area contributed by atoms with E-state index in [1.165, 1.54) is 23.2 Å². The number of hydrogen-bond donors (Lipinski definition) is 2. The molecule has 1 aliphatic heterocycles. The highest BCUT2D eigenvalue weighted by Crippen LogP contribution is 2.31. The molecule has 1 unspecified atom stereocenters. The maximum atomic E-state index is 13.0. The number of aliphatic hydroxyl groups excluding tert-OH is 1. The Balaban J connectivity index is 2.32. The van der Waals surface area contributed by atoms with Crippen molar-refractivity contribution in [1.82, 2.24) is 15.3 Å². The van der Waals surface area contributed by atoms with Crippen LogP contribution in [-0.4, -0.2) is 48.5 Å². The van der Waals surface area contributed by atoms with Crippen LogP contribution in [0.15, 0.2) is 47.9 Å². The third-order valence-electron chi connectivity index (χ3n) is 3.45. The van der Waals surface area contributed by atoms with E-state index in [9.17, 15) is 18.3 Å².